The number of carbonyl (C=O) groups is 1. The van der Waals surface area contributed by atoms with Crippen LogP contribution in [0.25, 0.3) is 0 Å². The molecule has 0 bridgehead atoms. The van der Waals surface area contributed by atoms with Gasteiger partial charge in [-0.15, -0.1) is 0 Å². The predicted octanol–water partition coefficient (Wildman–Crippen LogP) is 2.56. The van der Waals surface area contributed by atoms with Crippen molar-refractivity contribution in [1.82, 2.24) is 9.55 Å². The van der Waals surface area contributed by atoms with Gasteiger partial charge < -0.3 is 15.4 Å². The fraction of sp³-hybridized carbons (Fsp3) is 0.375. The maximum Gasteiger partial charge on any atom is 0.416 e. The smallest absolute Gasteiger partial charge is 0.391 e. The number of hydrogen-bond acceptors (Lipinski definition) is 3. The zero-order valence-electron chi connectivity index (χ0n) is 13.0. The van der Waals surface area contributed by atoms with Crippen molar-refractivity contribution in [3.63, 3.8) is 0 Å². The van der Waals surface area contributed by atoms with E-state index in [0.717, 1.165) is 17.7 Å². The van der Waals surface area contributed by atoms with Gasteiger partial charge in [-0.2, -0.15) is 13.2 Å². The number of primary amides is 1. The number of imidazole rings is 1. The molecule has 2 atom stereocenters. The van der Waals surface area contributed by atoms with Crippen LogP contribution in [0, 0.1) is 0 Å². The van der Waals surface area contributed by atoms with Gasteiger partial charge in [0.15, 0.2) is 0 Å². The van der Waals surface area contributed by atoms with E-state index in [9.17, 15) is 23.1 Å². The molecule has 1 aromatic heterocycles. The molecule has 0 aliphatic heterocycles. The number of aromatic nitrogens is 2. The first-order valence-electron chi connectivity index (χ1n) is 7.36. The number of nitrogens with zero attached hydrogens (tertiary/aromatic N) is 2. The van der Waals surface area contributed by atoms with E-state index in [0.29, 0.717) is 12.8 Å². The van der Waals surface area contributed by atoms with Crippen molar-refractivity contribution in [1.29, 1.82) is 0 Å². The number of benzene rings is 1. The third-order valence-electron chi connectivity index (χ3n) is 3.80. The zero-order chi connectivity index (χ0) is 17.9. The van der Waals surface area contributed by atoms with Crippen LogP contribution in [0.5, 0.6) is 0 Å². The molecule has 0 saturated carbocycles. The summed E-state index contributed by atoms with van der Waals surface area (Å²) < 4.78 is 39.2. The second-order valence-corrected chi connectivity index (χ2v) is 5.61. The number of hydrogen-bond donors (Lipinski definition) is 2. The van der Waals surface area contributed by atoms with Gasteiger partial charge in [-0.05, 0) is 37.5 Å². The molecule has 24 heavy (non-hydrogen) atoms. The van der Waals surface area contributed by atoms with Gasteiger partial charge in [-0.3, -0.25) is 4.79 Å². The SMILES string of the molecule is C[C@H](O)[C@@H](CCc1ccc(C(F)(F)F)cc1)n1cnc(C(N)=O)c1. The van der Waals surface area contributed by atoms with Crippen LogP contribution in [0.2, 0.25) is 0 Å². The van der Waals surface area contributed by atoms with Gasteiger partial charge in [-0.25, -0.2) is 4.98 Å². The molecule has 2 aromatic rings. The van der Waals surface area contributed by atoms with Crippen LogP contribution < -0.4 is 5.73 Å². The van der Waals surface area contributed by atoms with Crippen LogP contribution in [0.1, 0.15) is 41.0 Å². The lowest BCUT2D eigenvalue weighted by Gasteiger charge is -2.21. The average Bonchev–Trinajstić information content (AvgIpc) is 2.96. The van der Waals surface area contributed by atoms with Crippen molar-refractivity contribution < 1.29 is 23.1 Å². The Morgan fingerprint density at radius 1 is 1.33 bits per heavy atom. The first-order chi connectivity index (χ1) is 11.2. The number of carbonyl (C=O) groups excluding carboxylic acids is 1. The number of rotatable bonds is 6. The lowest BCUT2D eigenvalue weighted by molar-refractivity contribution is -0.137. The first-order valence-corrected chi connectivity index (χ1v) is 7.36. The number of halogens is 3. The number of nitrogens with two attached hydrogens (primary N) is 1. The molecule has 5 nitrogen and oxygen atoms in total. The summed E-state index contributed by atoms with van der Waals surface area (Å²) in [6.07, 6.45) is -1.29. The van der Waals surface area contributed by atoms with Gasteiger partial charge in [0.1, 0.15) is 5.69 Å². The van der Waals surface area contributed by atoms with Crippen LogP contribution in [-0.2, 0) is 12.6 Å². The number of aryl methyl sites for hydroxylation is 1. The van der Waals surface area contributed by atoms with Crippen molar-refractivity contribution in [2.24, 2.45) is 5.73 Å². The molecule has 2 rings (SSSR count). The minimum absolute atomic E-state index is 0.0928. The standard InChI is InChI=1S/C16H18F3N3O2/c1-10(23)14(22-8-13(15(20)24)21-9-22)7-4-11-2-5-12(6-3-11)16(17,18)19/h2-3,5-6,8-10,14,23H,4,7H2,1H3,(H2,20,24)/t10-,14+/m0/s1. The average molecular weight is 341 g/mol. The highest BCUT2D eigenvalue weighted by Gasteiger charge is 2.30. The molecule has 130 valence electrons. The van der Waals surface area contributed by atoms with Crippen molar-refractivity contribution >= 4 is 5.91 Å². The topological polar surface area (TPSA) is 81.1 Å². The largest absolute Gasteiger partial charge is 0.416 e. The highest BCUT2D eigenvalue weighted by atomic mass is 19.4. The summed E-state index contributed by atoms with van der Waals surface area (Å²) in [5, 5.41) is 9.93. The molecule has 8 heteroatoms. The molecule has 0 radical (unpaired) electrons. The summed E-state index contributed by atoms with van der Waals surface area (Å²) in [6.45, 7) is 1.60. The van der Waals surface area contributed by atoms with Gasteiger partial charge in [0.25, 0.3) is 5.91 Å². The van der Waals surface area contributed by atoms with Crippen LogP contribution >= 0.6 is 0 Å². The zero-order valence-corrected chi connectivity index (χ0v) is 13.0. The number of amides is 1. The monoisotopic (exact) mass is 341 g/mol. The summed E-state index contributed by atoms with van der Waals surface area (Å²) in [6, 6.07) is 4.55. The Hall–Kier alpha value is -2.35. The lowest BCUT2D eigenvalue weighted by Crippen LogP contribution is -2.21. The summed E-state index contributed by atoms with van der Waals surface area (Å²) in [7, 11) is 0. The second kappa shape index (κ2) is 7.04. The minimum atomic E-state index is -4.36. The maximum atomic E-state index is 12.5. The van der Waals surface area contributed by atoms with E-state index < -0.39 is 23.8 Å². The number of aliphatic hydroxyl groups is 1. The summed E-state index contributed by atoms with van der Waals surface area (Å²) in [5.41, 5.74) is 5.27. The van der Waals surface area contributed by atoms with Crippen LogP contribution in [0.15, 0.2) is 36.8 Å². The van der Waals surface area contributed by atoms with E-state index in [-0.39, 0.29) is 11.7 Å². The molecule has 0 spiro atoms. The second-order valence-electron chi connectivity index (χ2n) is 5.61. The van der Waals surface area contributed by atoms with Crippen molar-refractivity contribution in [3.8, 4) is 0 Å². The Morgan fingerprint density at radius 3 is 2.42 bits per heavy atom. The van der Waals surface area contributed by atoms with E-state index in [2.05, 4.69) is 4.98 Å². The Kier molecular flexibility index (Phi) is 5.28. The molecule has 0 unspecified atom stereocenters. The normalized spacial score (nSPS) is 14.4. The maximum absolute atomic E-state index is 12.5. The minimum Gasteiger partial charge on any atom is -0.391 e. The van der Waals surface area contributed by atoms with E-state index >= 15 is 0 Å². The Labute approximate surface area is 136 Å². The van der Waals surface area contributed by atoms with Gasteiger partial charge >= 0.3 is 6.18 Å². The fourth-order valence-electron chi connectivity index (χ4n) is 2.46. The van der Waals surface area contributed by atoms with Crippen molar-refractivity contribution in [2.75, 3.05) is 0 Å². The summed E-state index contributed by atoms with van der Waals surface area (Å²) >= 11 is 0. The van der Waals surface area contributed by atoms with E-state index in [1.807, 2.05) is 0 Å². The quantitative estimate of drug-likeness (QED) is 0.847. The van der Waals surface area contributed by atoms with Crippen LogP contribution in [0.3, 0.4) is 0 Å². The van der Waals surface area contributed by atoms with Gasteiger partial charge in [0.2, 0.25) is 0 Å². The highest BCUT2D eigenvalue weighted by molar-refractivity contribution is 5.90. The molecule has 3 N–H and O–H groups in total. The van der Waals surface area contributed by atoms with Crippen molar-refractivity contribution in [2.45, 2.75) is 38.1 Å². The van der Waals surface area contributed by atoms with Gasteiger partial charge in [-0.1, -0.05) is 12.1 Å². The third kappa shape index (κ3) is 4.35. The summed E-state index contributed by atoms with van der Waals surface area (Å²) in [5.74, 6) is -0.666. The predicted molar refractivity (Wildman–Crippen MR) is 81.2 cm³/mol. The molecule has 0 fully saturated rings. The van der Waals surface area contributed by atoms with Gasteiger partial charge in [0.05, 0.1) is 24.0 Å². The highest BCUT2D eigenvalue weighted by Crippen LogP contribution is 2.29. The van der Waals surface area contributed by atoms with Crippen LogP contribution in [-0.4, -0.2) is 26.7 Å². The molecule has 1 amide bonds. The fourth-order valence-corrected chi connectivity index (χ4v) is 2.46. The first kappa shape index (κ1) is 18.0. The number of alkyl halides is 3. The van der Waals surface area contributed by atoms with E-state index in [4.69, 9.17) is 5.73 Å². The molecular formula is C16H18F3N3O2. The summed E-state index contributed by atoms with van der Waals surface area (Å²) in [4.78, 5) is 15.0. The molecule has 0 aliphatic rings. The molecule has 0 saturated heterocycles. The van der Waals surface area contributed by atoms with E-state index in [1.165, 1.54) is 24.7 Å². The molecule has 1 aromatic carbocycles. The lowest BCUT2D eigenvalue weighted by atomic mass is 10.0. The Bertz CT molecular complexity index is 693. The van der Waals surface area contributed by atoms with Gasteiger partial charge in [0, 0.05) is 6.20 Å². The van der Waals surface area contributed by atoms with E-state index in [1.54, 1.807) is 11.5 Å². The molecular weight excluding hydrogens is 323 g/mol. The Morgan fingerprint density at radius 2 is 1.96 bits per heavy atom. The van der Waals surface area contributed by atoms with Crippen LogP contribution in [0.4, 0.5) is 13.2 Å². The third-order valence-corrected chi connectivity index (χ3v) is 3.80. The Balaban J connectivity index is 2.07. The molecule has 0 aliphatic carbocycles. The van der Waals surface area contributed by atoms with Crippen molar-refractivity contribution in [3.05, 3.63) is 53.6 Å². The number of aliphatic hydroxyl groups excluding tert-OH is 1. The molecule has 1 heterocycles.